The molecule has 0 unspecified atom stereocenters. The number of hydrogen-bond acceptors (Lipinski definition) is 4. The molecule has 0 atom stereocenters. The molecule has 1 heterocycles. The van der Waals surface area contributed by atoms with Crippen molar-refractivity contribution in [2.75, 3.05) is 32.8 Å². The number of ether oxygens (including phenoxy) is 1. The molecule has 9 heteroatoms. The number of carbonyl (C=O) groups is 1. The van der Waals surface area contributed by atoms with Crippen LogP contribution in [0.3, 0.4) is 0 Å². The summed E-state index contributed by atoms with van der Waals surface area (Å²) in [7, 11) is -4.19. The lowest BCUT2D eigenvalue weighted by Gasteiger charge is -2.34. The summed E-state index contributed by atoms with van der Waals surface area (Å²) in [5, 5.41) is 2.06. The first-order valence-corrected chi connectivity index (χ1v) is 11.1. The minimum atomic E-state index is -4.19. The van der Waals surface area contributed by atoms with Gasteiger partial charge in [-0.15, -0.1) is 0 Å². The highest BCUT2D eigenvalue weighted by atomic mass is 32.2. The first-order valence-electron chi connectivity index (χ1n) is 9.69. The van der Waals surface area contributed by atoms with Crippen molar-refractivity contribution < 1.29 is 26.7 Å². The molecule has 1 saturated heterocycles. The smallest absolute Gasteiger partial charge is 0.260 e. The van der Waals surface area contributed by atoms with E-state index in [4.69, 9.17) is 4.74 Å². The predicted molar refractivity (Wildman–Crippen MR) is 111 cm³/mol. The van der Waals surface area contributed by atoms with Crippen molar-refractivity contribution in [2.45, 2.75) is 4.90 Å². The van der Waals surface area contributed by atoms with Gasteiger partial charge in [-0.2, -0.15) is 4.31 Å². The summed E-state index contributed by atoms with van der Waals surface area (Å²) in [4.78, 5) is 13.3. The van der Waals surface area contributed by atoms with Crippen molar-refractivity contribution in [1.29, 1.82) is 0 Å². The summed E-state index contributed by atoms with van der Waals surface area (Å²) < 4.78 is 59.3. The lowest BCUT2D eigenvalue weighted by atomic mass is 10.1. The average molecular weight is 446 g/mol. The second-order valence-electron chi connectivity index (χ2n) is 7.16. The maximum Gasteiger partial charge on any atom is 0.260 e. The molecule has 6 nitrogen and oxygen atoms in total. The third kappa shape index (κ3) is 4.52. The molecular weight excluding hydrogens is 426 g/mol. The molecule has 4 rings (SSSR count). The summed E-state index contributed by atoms with van der Waals surface area (Å²) >= 11 is 0. The van der Waals surface area contributed by atoms with Crippen LogP contribution in [0.15, 0.2) is 65.6 Å². The van der Waals surface area contributed by atoms with Gasteiger partial charge in [0, 0.05) is 26.2 Å². The highest BCUT2D eigenvalue weighted by molar-refractivity contribution is 7.89. The summed E-state index contributed by atoms with van der Waals surface area (Å²) in [6.45, 7) is 0.0653. The van der Waals surface area contributed by atoms with E-state index in [1.165, 1.54) is 4.90 Å². The Bertz CT molecular complexity index is 1230. The SMILES string of the molecule is O=C(COc1ccc2ccccc2c1)N1CCN(S(=O)(=O)c2cc(F)ccc2F)CC1. The van der Waals surface area contributed by atoms with Gasteiger partial charge in [0.15, 0.2) is 6.61 Å². The lowest BCUT2D eigenvalue weighted by molar-refractivity contribution is -0.134. The van der Waals surface area contributed by atoms with Crippen LogP contribution in [-0.2, 0) is 14.8 Å². The number of amides is 1. The first-order chi connectivity index (χ1) is 14.8. The zero-order valence-corrected chi connectivity index (χ0v) is 17.3. The topological polar surface area (TPSA) is 66.9 Å². The van der Waals surface area contributed by atoms with Crippen LogP contribution in [0, 0.1) is 11.6 Å². The number of nitrogens with zero attached hydrogens (tertiary/aromatic N) is 2. The van der Waals surface area contributed by atoms with Crippen molar-refractivity contribution in [1.82, 2.24) is 9.21 Å². The molecular formula is C22H20F2N2O4S. The Morgan fingerprint density at radius 3 is 2.35 bits per heavy atom. The van der Waals surface area contributed by atoms with Crippen LogP contribution in [0.4, 0.5) is 8.78 Å². The van der Waals surface area contributed by atoms with Gasteiger partial charge in [-0.05, 0) is 41.1 Å². The Morgan fingerprint density at radius 2 is 1.61 bits per heavy atom. The van der Waals surface area contributed by atoms with E-state index >= 15 is 0 Å². The van der Waals surface area contributed by atoms with Gasteiger partial charge in [-0.3, -0.25) is 4.79 Å². The Labute approximate surface area is 178 Å². The molecule has 162 valence electrons. The highest BCUT2D eigenvalue weighted by Gasteiger charge is 2.32. The summed E-state index contributed by atoms with van der Waals surface area (Å²) in [5.41, 5.74) is 0. The molecule has 0 N–H and O–H groups in total. The van der Waals surface area contributed by atoms with E-state index in [2.05, 4.69) is 0 Å². The van der Waals surface area contributed by atoms with Crippen LogP contribution in [0.25, 0.3) is 10.8 Å². The number of benzene rings is 3. The maximum absolute atomic E-state index is 13.9. The van der Waals surface area contributed by atoms with Crippen LogP contribution in [0.1, 0.15) is 0 Å². The number of rotatable bonds is 5. The van der Waals surface area contributed by atoms with E-state index in [0.717, 1.165) is 27.2 Å². The largest absolute Gasteiger partial charge is 0.484 e. The molecule has 0 aliphatic carbocycles. The van der Waals surface area contributed by atoms with E-state index in [-0.39, 0.29) is 38.7 Å². The first kappa shape index (κ1) is 21.2. The number of sulfonamides is 1. The van der Waals surface area contributed by atoms with Crippen molar-refractivity contribution in [2.24, 2.45) is 0 Å². The van der Waals surface area contributed by atoms with Crippen LogP contribution in [0.5, 0.6) is 5.75 Å². The van der Waals surface area contributed by atoms with E-state index in [0.29, 0.717) is 11.8 Å². The molecule has 3 aromatic rings. The molecule has 1 aliphatic rings. The molecule has 0 radical (unpaired) electrons. The standard InChI is InChI=1S/C22H20F2N2O4S/c23-18-6-8-20(24)21(14-18)31(28,29)26-11-9-25(10-12-26)22(27)15-30-19-7-5-16-3-1-2-4-17(16)13-19/h1-8,13-14H,9-12,15H2. The highest BCUT2D eigenvalue weighted by Crippen LogP contribution is 2.23. The average Bonchev–Trinajstić information content (AvgIpc) is 2.79. The fraction of sp³-hybridized carbons (Fsp3) is 0.227. The van der Waals surface area contributed by atoms with Crippen LogP contribution in [-0.4, -0.2) is 56.3 Å². The number of piperazine rings is 1. The van der Waals surface area contributed by atoms with E-state index < -0.39 is 26.6 Å². The normalized spacial score (nSPS) is 15.2. The molecule has 3 aromatic carbocycles. The van der Waals surface area contributed by atoms with E-state index in [1.807, 2.05) is 36.4 Å². The molecule has 0 aromatic heterocycles. The molecule has 1 amide bonds. The fourth-order valence-corrected chi connectivity index (χ4v) is 4.98. The minimum absolute atomic E-state index is 0.0139. The zero-order valence-electron chi connectivity index (χ0n) is 16.5. The van der Waals surface area contributed by atoms with Crippen molar-refractivity contribution in [3.63, 3.8) is 0 Å². The number of halogens is 2. The molecule has 1 aliphatic heterocycles. The molecule has 31 heavy (non-hydrogen) atoms. The molecule has 0 saturated carbocycles. The summed E-state index contributed by atoms with van der Waals surface area (Å²) in [6, 6.07) is 15.6. The van der Waals surface area contributed by atoms with E-state index in [9.17, 15) is 22.0 Å². The quantitative estimate of drug-likeness (QED) is 0.604. The number of carbonyl (C=O) groups excluding carboxylic acids is 1. The lowest BCUT2D eigenvalue weighted by Crippen LogP contribution is -2.51. The van der Waals surface area contributed by atoms with Crippen LogP contribution in [0.2, 0.25) is 0 Å². The second kappa shape index (κ2) is 8.60. The summed E-state index contributed by atoms with van der Waals surface area (Å²) in [5.74, 6) is -1.56. The van der Waals surface area contributed by atoms with Gasteiger partial charge in [0.25, 0.3) is 5.91 Å². The maximum atomic E-state index is 13.9. The third-order valence-corrected chi connectivity index (χ3v) is 7.10. The second-order valence-corrected chi connectivity index (χ2v) is 9.06. The van der Waals surface area contributed by atoms with Crippen LogP contribution < -0.4 is 4.74 Å². The van der Waals surface area contributed by atoms with Crippen molar-refractivity contribution in [3.05, 3.63) is 72.3 Å². The van der Waals surface area contributed by atoms with Gasteiger partial charge in [0.1, 0.15) is 22.3 Å². The predicted octanol–water partition coefficient (Wildman–Crippen LogP) is 3.03. The third-order valence-electron chi connectivity index (χ3n) is 5.19. The Kier molecular flexibility index (Phi) is 5.88. The Hall–Kier alpha value is -3.04. The summed E-state index contributed by atoms with van der Waals surface area (Å²) in [6.07, 6.45) is 0. The van der Waals surface area contributed by atoms with Crippen molar-refractivity contribution in [3.8, 4) is 5.75 Å². The van der Waals surface area contributed by atoms with Crippen LogP contribution >= 0.6 is 0 Å². The van der Waals surface area contributed by atoms with Gasteiger partial charge in [-0.25, -0.2) is 17.2 Å². The Morgan fingerprint density at radius 1 is 0.903 bits per heavy atom. The molecule has 0 spiro atoms. The van der Waals surface area contributed by atoms with Gasteiger partial charge >= 0.3 is 0 Å². The zero-order chi connectivity index (χ0) is 22.0. The number of hydrogen-bond donors (Lipinski definition) is 0. The fourth-order valence-electron chi connectivity index (χ4n) is 3.49. The Balaban J connectivity index is 1.35. The monoisotopic (exact) mass is 446 g/mol. The molecule has 0 bridgehead atoms. The minimum Gasteiger partial charge on any atom is -0.484 e. The van der Waals surface area contributed by atoms with E-state index in [1.54, 1.807) is 6.07 Å². The molecule has 1 fully saturated rings. The van der Waals surface area contributed by atoms with Gasteiger partial charge < -0.3 is 9.64 Å². The van der Waals surface area contributed by atoms with Gasteiger partial charge in [-0.1, -0.05) is 30.3 Å². The van der Waals surface area contributed by atoms with Crippen molar-refractivity contribution >= 4 is 26.7 Å². The van der Waals surface area contributed by atoms with Gasteiger partial charge in [0.05, 0.1) is 0 Å². The number of fused-ring (bicyclic) bond motifs is 1. The van der Waals surface area contributed by atoms with Gasteiger partial charge in [0.2, 0.25) is 10.0 Å².